The number of fused-ring (bicyclic) bond motifs is 3. The summed E-state index contributed by atoms with van der Waals surface area (Å²) in [5, 5.41) is 47.4. The average Bonchev–Trinajstić information content (AvgIpc) is 2.82. The van der Waals surface area contributed by atoms with Crippen molar-refractivity contribution in [2.75, 3.05) is 45.0 Å². The van der Waals surface area contributed by atoms with E-state index in [-0.39, 0.29) is 36.3 Å². The number of benzene rings is 1. The van der Waals surface area contributed by atoms with Crippen LogP contribution in [0.1, 0.15) is 29.3 Å². The molecule has 13 nitrogen and oxygen atoms in total. The number of hydrogen-bond acceptors (Lipinski definition) is 11. The molecular formula is C26H32N4O9. The Balaban J connectivity index is 1.95. The molecule has 7 N–H and O–H groups in total. The van der Waals surface area contributed by atoms with Crippen LogP contribution < -0.4 is 16.0 Å². The number of carbonyl (C=O) groups is 4. The normalized spacial score (nSPS) is 26.2. The number of rotatable bonds is 5. The van der Waals surface area contributed by atoms with Gasteiger partial charge in [0.25, 0.3) is 5.91 Å². The Morgan fingerprint density at radius 3 is 2.36 bits per heavy atom. The molecule has 4 rings (SSSR count). The third kappa shape index (κ3) is 4.00. The zero-order valence-corrected chi connectivity index (χ0v) is 22.2. The highest BCUT2D eigenvalue weighted by Gasteiger charge is 2.63. The van der Waals surface area contributed by atoms with Crippen LogP contribution in [0.25, 0.3) is 0 Å². The minimum absolute atomic E-state index is 0.0256. The number of Topliss-reactive ketones (excluding diaryl/α,β-unsaturated/α-hetero) is 2. The number of nitrogens with one attached hydrogen (secondary N) is 1. The molecule has 4 atom stereocenters. The molecule has 0 fully saturated rings. The van der Waals surface area contributed by atoms with Crippen LogP contribution >= 0.6 is 0 Å². The summed E-state index contributed by atoms with van der Waals surface area (Å²) in [5.41, 5.74) is 2.07. The molecule has 3 aliphatic carbocycles. The molecule has 0 bridgehead atoms. The third-order valence-corrected chi connectivity index (χ3v) is 7.69. The molecule has 1 aromatic rings. The van der Waals surface area contributed by atoms with E-state index in [1.807, 2.05) is 0 Å². The van der Waals surface area contributed by atoms with Gasteiger partial charge in [-0.3, -0.25) is 24.6 Å². The SMILES string of the molecule is CCOC(=O)Nc1cc(N(C)C)c2c(c1O)C(=O)C1=C(O)C3(O)C(=O)C(C(N)=O)=C(O)C(N(C)C)C3CC1C2. The highest BCUT2D eigenvalue weighted by molar-refractivity contribution is 6.25. The van der Waals surface area contributed by atoms with E-state index in [0.717, 1.165) is 0 Å². The first-order valence-electron chi connectivity index (χ1n) is 12.3. The Labute approximate surface area is 224 Å². The minimum Gasteiger partial charge on any atom is -0.510 e. The summed E-state index contributed by atoms with van der Waals surface area (Å²) in [6, 6.07) is 0.417. The number of aliphatic hydroxyl groups is 3. The van der Waals surface area contributed by atoms with Crippen LogP contribution in [-0.2, 0) is 20.7 Å². The highest BCUT2D eigenvalue weighted by atomic mass is 16.5. The molecule has 3 aliphatic rings. The number of carbonyl (C=O) groups excluding carboxylic acids is 4. The molecule has 0 spiro atoms. The summed E-state index contributed by atoms with van der Waals surface area (Å²) in [7, 11) is 6.55. The van der Waals surface area contributed by atoms with Gasteiger partial charge in [-0.25, -0.2) is 4.79 Å². The second kappa shape index (κ2) is 9.58. The fourth-order valence-electron chi connectivity index (χ4n) is 6.07. The number of allylic oxidation sites excluding steroid dienone is 1. The molecule has 0 saturated carbocycles. The van der Waals surface area contributed by atoms with Gasteiger partial charge in [-0.15, -0.1) is 0 Å². The topological polar surface area (TPSA) is 203 Å². The number of ketones is 2. The summed E-state index contributed by atoms with van der Waals surface area (Å²) in [5.74, 6) is -7.45. The lowest BCUT2D eigenvalue weighted by atomic mass is 9.58. The Hall–Kier alpha value is -4.10. The maximum absolute atomic E-state index is 13.9. The van der Waals surface area contributed by atoms with Crippen LogP contribution in [-0.4, -0.2) is 95.3 Å². The molecule has 0 heterocycles. The van der Waals surface area contributed by atoms with Crippen molar-refractivity contribution in [1.29, 1.82) is 0 Å². The van der Waals surface area contributed by atoms with Crippen LogP contribution in [0, 0.1) is 11.8 Å². The lowest BCUT2D eigenvalue weighted by Crippen LogP contribution is -2.63. The number of primary amides is 1. The van der Waals surface area contributed by atoms with Gasteiger partial charge in [0.15, 0.2) is 17.1 Å². The molecule has 39 heavy (non-hydrogen) atoms. The molecular weight excluding hydrogens is 512 g/mol. The van der Waals surface area contributed by atoms with E-state index in [1.54, 1.807) is 40.0 Å². The summed E-state index contributed by atoms with van der Waals surface area (Å²) in [6.45, 7) is 1.67. The largest absolute Gasteiger partial charge is 0.510 e. The molecule has 4 unspecified atom stereocenters. The number of hydrogen-bond donors (Lipinski definition) is 6. The van der Waals surface area contributed by atoms with Gasteiger partial charge < -0.3 is 35.8 Å². The monoisotopic (exact) mass is 544 g/mol. The molecule has 0 aliphatic heterocycles. The van der Waals surface area contributed by atoms with E-state index in [9.17, 15) is 39.6 Å². The number of ether oxygens (including phenoxy) is 1. The van der Waals surface area contributed by atoms with Crippen molar-refractivity contribution in [2.45, 2.75) is 31.4 Å². The number of likely N-dealkylation sites (N-methyl/N-ethyl adjacent to an activating group) is 1. The lowest BCUT2D eigenvalue weighted by molar-refractivity contribution is -0.148. The number of aliphatic hydroxyl groups excluding tert-OH is 2. The van der Waals surface area contributed by atoms with Gasteiger partial charge in [0.05, 0.1) is 23.9 Å². The van der Waals surface area contributed by atoms with Crippen LogP contribution in [0.3, 0.4) is 0 Å². The van der Waals surface area contributed by atoms with E-state index in [0.29, 0.717) is 11.3 Å². The van der Waals surface area contributed by atoms with Crippen LogP contribution in [0.4, 0.5) is 16.2 Å². The van der Waals surface area contributed by atoms with Crippen molar-refractivity contribution in [1.82, 2.24) is 4.90 Å². The Morgan fingerprint density at radius 2 is 1.82 bits per heavy atom. The zero-order chi connectivity index (χ0) is 29.1. The fraction of sp³-hybridized carbons (Fsp3) is 0.462. The van der Waals surface area contributed by atoms with Gasteiger partial charge in [0, 0.05) is 31.3 Å². The van der Waals surface area contributed by atoms with Crippen molar-refractivity contribution in [3.8, 4) is 5.75 Å². The van der Waals surface area contributed by atoms with Crippen molar-refractivity contribution in [3.05, 3.63) is 39.9 Å². The third-order valence-electron chi connectivity index (χ3n) is 7.69. The number of phenolic OH excluding ortho intramolecular Hbond substituents is 1. The summed E-state index contributed by atoms with van der Waals surface area (Å²) < 4.78 is 4.88. The Kier molecular flexibility index (Phi) is 6.86. The lowest BCUT2D eigenvalue weighted by Gasteiger charge is -2.50. The predicted molar refractivity (Wildman–Crippen MR) is 139 cm³/mol. The van der Waals surface area contributed by atoms with E-state index >= 15 is 0 Å². The fourth-order valence-corrected chi connectivity index (χ4v) is 6.07. The van der Waals surface area contributed by atoms with E-state index < -0.39 is 69.9 Å². The first kappa shape index (κ1) is 27.9. The standard InChI is InChI=1S/C26H32N4O9/c1-6-39-25(37)28-13-9-14(29(2)3)11-7-10-8-12-18(30(4)5)21(33)17(24(27)36)23(35)26(12,38)22(34)15(10)20(32)16(11)19(13)31/h9-10,12,18,31,33-34,38H,6-8H2,1-5H3,(H2,27,36)(H,28,37). The van der Waals surface area contributed by atoms with Gasteiger partial charge >= 0.3 is 6.09 Å². The zero-order valence-electron chi connectivity index (χ0n) is 22.2. The maximum Gasteiger partial charge on any atom is 0.411 e. The molecule has 0 saturated heterocycles. The van der Waals surface area contributed by atoms with Gasteiger partial charge in [-0.05, 0) is 51.4 Å². The van der Waals surface area contributed by atoms with Gasteiger partial charge in [-0.2, -0.15) is 0 Å². The molecule has 210 valence electrons. The first-order valence-corrected chi connectivity index (χ1v) is 12.3. The molecule has 0 radical (unpaired) electrons. The molecule has 13 heteroatoms. The van der Waals surface area contributed by atoms with Crippen molar-refractivity contribution in [2.24, 2.45) is 17.6 Å². The van der Waals surface area contributed by atoms with Crippen LogP contribution in [0.15, 0.2) is 28.7 Å². The van der Waals surface area contributed by atoms with E-state index in [4.69, 9.17) is 10.5 Å². The molecule has 2 amide bonds. The van der Waals surface area contributed by atoms with Crippen molar-refractivity contribution < 1.29 is 44.3 Å². The number of nitrogens with zero attached hydrogens (tertiary/aromatic N) is 2. The van der Waals surface area contributed by atoms with E-state index in [2.05, 4.69) is 5.32 Å². The number of nitrogens with two attached hydrogens (primary N) is 1. The second-order valence-electron chi connectivity index (χ2n) is 10.3. The molecule has 1 aromatic carbocycles. The summed E-state index contributed by atoms with van der Waals surface area (Å²) in [4.78, 5) is 54.6. The van der Waals surface area contributed by atoms with Crippen LogP contribution in [0.2, 0.25) is 0 Å². The number of anilines is 2. The second-order valence-corrected chi connectivity index (χ2v) is 10.3. The van der Waals surface area contributed by atoms with Crippen molar-refractivity contribution >= 4 is 34.9 Å². The maximum atomic E-state index is 13.9. The van der Waals surface area contributed by atoms with Gasteiger partial charge in [-0.1, -0.05) is 0 Å². The minimum atomic E-state index is -2.73. The predicted octanol–water partition coefficient (Wildman–Crippen LogP) is 0.755. The van der Waals surface area contributed by atoms with Crippen LogP contribution in [0.5, 0.6) is 5.75 Å². The Bertz CT molecular complexity index is 1360. The quantitative estimate of drug-likeness (QED) is 0.225. The molecule has 0 aromatic heterocycles. The van der Waals surface area contributed by atoms with E-state index in [1.165, 1.54) is 11.0 Å². The first-order chi connectivity index (χ1) is 18.2. The van der Waals surface area contributed by atoms with Crippen molar-refractivity contribution in [3.63, 3.8) is 0 Å². The number of aromatic hydroxyl groups is 1. The number of amides is 2. The van der Waals surface area contributed by atoms with Gasteiger partial charge in [0.2, 0.25) is 5.78 Å². The smallest absolute Gasteiger partial charge is 0.411 e. The summed E-state index contributed by atoms with van der Waals surface area (Å²) in [6.07, 6.45) is -0.763. The Morgan fingerprint density at radius 1 is 1.18 bits per heavy atom. The van der Waals surface area contributed by atoms with Gasteiger partial charge in [0.1, 0.15) is 17.1 Å². The average molecular weight is 545 g/mol. The highest BCUT2D eigenvalue weighted by Crippen LogP contribution is 2.53. The summed E-state index contributed by atoms with van der Waals surface area (Å²) >= 11 is 0. The number of phenols is 1.